The zero-order valence-electron chi connectivity index (χ0n) is 11.0. The van der Waals surface area contributed by atoms with Crippen LogP contribution in [0.1, 0.15) is 24.8 Å². The number of rotatable bonds is 2. The Balaban J connectivity index is 1.96. The lowest BCUT2D eigenvalue weighted by molar-refractivity contribution is -0.0241. The van der Waals surface area contributed by atoms with Crippen LogP contribution in [0.2, 0.25) is 0 Å². The van der Waals surface area contributed by atoms with Gasteiger partial charge in [0.1, 0.15) is 0 Å². The molecule has 2 unspecified atom stereocenters. The first-order valence-electron chi connectivity index (χ1n) is 6.76. The van der Waals surface area contributed by atoms with Crippen LogP contribution in [0.5, 0.6) is 0 Å². The van der Waals surface area contributed by atoms with Crippen LogP contribution in [-0.2, 0) is 14.8 Å². The fourth-order valence-corrected chi connectivity index (χ4v) is 4.76. The number of fused-ring (bicyclic) bond motifs is 1. The van der Waals surface area contributed by atoms with Crippen molar-refractivity contribution in [1.82, 2.24) is 4.31 Å². The molecule has 1 aromatic rings. The molecule has 1 saturated heterocycles. The molecule has 1 aromatic carbocycles. The molecule has 20 heavy (non-hydrogen) atoms. The SMILES string of the molecule is N#Cc1cccc(S(=O)(=O)N2CCOC3CCCC32)c1. The molecule has 2 fully saturated rings. The summed E-state index contributed by atoms with van der Waals surface area (Å²) in [6, 6.07) is 8.13. The lowest BCUT2D eigenvalue weighted by Gasteiger charge is -2.36. The molecule has 0 amide bonds. The molecule has 5 nitrogen and oxygen atoms in total. The van der Waals surface area contributed by atoms with Crippen molar-refractivity contribution in [2.45, 2.75) is 36.3 Å². The van der Waals surface area contributed by atoms with E-state index in [4.69, 9.17) is 10.00 Å². The summed E-state index contributed by atoms with van der Waals surface area (Å²) < 4.78 is 32.7. The third-order valence-corrected chi connectivity index (χ3v) is 5.92. The summed E-state index contributed by atoms with van der Waals surface area (Å²) in [5, 5.41) is 8.91. The second kappa shape index (κ2) is 5.17. The first-order chi connectivity index (χ1) is 9.63. The molecular formula is C14H16N2O3S. The average Bonchev–Trinajstić information content (AvgIpc) is 2.95. The number of morpholine rings is 1. The quantitative estimate of drug-likeness (QED) is 0.828. The smallest absolute Gasteiger partial charge is 0.243 e. The van der Waals surface area contributed by atoms with E-state index in [0.29, 0.717) is 18.7 Å². The monoisotopic (exact) mass is 292 g/mol. The van der Waals surface area contributed by atoms with Crippen molar-refractivity contribution in [3.63, 3.8) is 0 Å². The van der Waals surface area contributed by atoms with Gasteiger partial charge in [-0.25, -0.2) is 8.42 Å². The highest BCUT2D eigenvalue weighted by Gasteiger charge is 2.42. The van der Waals surface area contributed by atoms with Crippen LogP contribution in [0.3, 0.4) is 0 Å². The average molecular weight is 292 g/mol. The Kier molecular flexibility index (Phi) is 3.50. The zero-order chi connectivity index (χ0) is 14.2. The Morgan fingerprint density at radius 2 is 2.20 bits per heavy atom. The van der Waals surface area contributed by atoms with Crippen LogP contribution in [-0.4, -0.2) is 38.0 Å². The molecule has 1 aliphatic heterocycles. The first kappa shape index (κ1) is 13.6. The lowest BCUT2D eigenvalue weighted by Crippen LogP contribution is -2.51. The van der Waals surface area contributed by atoms with E-state index in [1.165, 1.54) is 6.07 Å². The number of nitriles is 1. The normalized spacial score (nSPS) is 26.9. The van der Waals surface area contributed by atoms with Gasteiger partial charge in [0.15, 0.2) is 0 Å². The Morgan fingerprint density at radius 3 is 3.00 bits per heavy atom. The van der Waals surface area contributed by atoms with Gasteiger partial charge in [0.05, 0.1) is 35.3 Å². The van der Waals surface area contributed by atoms with Gasteiger partial charge in [0, 0.05) is 6.54 Å². The van der Waals surface area contributed by atoms with E-state index in [0.717, 1.165) is 19.3 Å². The highest BCUT2D eigenvalue weighted by atomic mass is 32.2. The Hall–Kier alpha value is -1.42. The van der Waals surface area contributed by atoms with Gasteiger partial charge in [-0.15, -0.1) is 0 Å². The summed E-state index contributed by atoms with van der Waals surface area (Å²) in [4.78, 5) is 0.198. The molecule has 1 heterocycles. The predicted molar refractivity (Wildman–Crippen MR) is 72.4 cm³/mol. The van der Waals surface area contributed by atoms with E-state index in [1.54, 1.807) is 22.5 Å². The molecule has 0 radical (unpaired) electrons. The minimum atomic E-state index is -3.55. The third-order valence-electron chi connectivity index (χ3n) is 4.00. The summed E-state index contributed by atoms with van der Waals surface area (Å²) in [6.45, 7) is 0.832. The molecule has 1 saturated carbocycles. The number of hydrogen-bond acceptors (Lipinski definition) is 4. The van der Waals surface area contributed by atoms with Crippen molar-refractivity contribution in [3.05, 3.63) is 29.8 Å². The first-order valence-corrected chi connectivity index (χ1v) is 8.20. The van der Waals surface area contributed by atoms with Crippen molar-refractivity contribution in [2.75, 3.05) is 13.2 Å². The minimum absolute atomic E-state index is 0.0256. The third kappa shape index (κ3) is 2.22. The van der Waals surface area contributed by atoms with Crippen molar-refractivity contribution >= 4 is 10.0 Å². The topological polar surface area (TPSA) is 70.4 Å². The molecule has 0 bridgehead atoms. The summed E-state index contributed by atoms with van der Waals surface area (Å²) in [5.74, 6) is 0. The molecule has 0 N–H and O–H groups in total. The summed E-state index contributed by atoms with van der Waals surface area (Å²) in [6.07, 6.45) is 2.80. The van der Waals surface area contributed by atoms with E-state index < -0.39 is 10.0 Å². The maximum atomic E-state index is 12.8. The highest BCUT2D eigenvalue weighted by molar-refractivity contribution is 7.89. The molecule has 0 aromatic heterocycles. The van der Waals surface area contributed by atoms with E-state index in [1.807, 2.05) is 6.07 Å². The molecule has 0 spiro atoms. The Labute approximate surface area is 118 Å². The molecule has 1 aliphatic carbocycles. The Bertz CT molecular complexity index is 651. The van der Waals surface area contributed by atoms with Crippen LogP contribution in [0.25, 0.3) is 0 Å². The molecule has 6 heteroatoms. The van der Waals surface area contributed by atoms with Crippen molar-refractivity contribution < 1.29 is 13.2 Å². The zero-order valence-corrected chi connectivity index (χ0v) is 11.8. The van der Waals surface area contributed by atoms with Gasteiger partial charge in [-0.05, 0) is 37.5 Å². The predicted octanol–water partition coefficient (Wildman–Crippen LogP) is 1.50. The van der Waals surface area contributed by atoms with E-state index in [-0.39, 0.29) is 17.0 Å². The van der Waals surface area contributed by atoms with Gasteiger partial charge < -0.3 is 4.74 Å². The second-order valence-electron chi connectivity index (χ2n) is 5.16. The van der Waals surface area contributed by atoms with Gasteiger partial charge in [0.2, 0.25) is 10.0 Å². The van der Waals surface area contributed by atoms with Gasteiger partial charge in [0.25, 0.3) is 0 Å². The minimum Gasteiger partial charge on any atom is -0.375 e. The lowest BCUT2D eigenvalue weighted by atomic mass is 10.2. The molecule has 3 rings (SSSR count). The maximum Gasteiger partial charge on any atom is 0.243 e. The molecular weight excluding hydrogens is 276 g/mol. The van der Waals surface area contributed by atoms with E-state index >= 15 is 0 Å². The van der Waals surface area contributed by atoms with Crippen molar-refractivity contribution in [2.24, 2.45) is 0 Å². The molecule has 2 aliphatic rings. The van der Waals surface area contributed by atoms with Crippen molar-refractivity contribution in [3.8, 4) is 6.07 Å². The molecule has 106 valence electrons. The molecule has 2 atom stereocenters. The van der Waals surface area contributed by atoms with Crippen LogP contribution in [0, 0.1) is 11.3 Å². The number of nitrogens with zero attached hydrogens (tertiary/aromatic N) is 2. The van der Waals surface area contributed by atoms with Crippen molar-refractivity contribution in [1.29, 1.82) is 5.26 Å². The van der Waals surface area contributed by atoms with Crippen LogP contribution in [0.15, 0.2) is 29.2 Å². The van der Waals surface area contributed by atoms with Gasteiger partial charge in [-0.3, -0.25) is 0 Å². The largest absolute Gasteiger partial charge is 0.375 e. The number of hydrogen-bond donors (Lipinski definition) is 0. The van der Waals surface area contributed by atoms with Crippen LogP contribution < -0.4 is 0 Å². The van der Waals surface area contributed by atoms with Crippen LogP contribution in [0.4, 0.5) is 0 Å². The fraction of sp³-hybridized carbons (Fsp3) is 0.500. The standard InChI is InChI=1S/C14H16N2O3S/c15-10-11-3-1-4-12(9-11)20(17,18)16-7-8-19-14-6-2-5-13(14)16/h1,3-4,9,13-14H,2,5-8H2. The number of ether oxygens (including phenoxy) is 1. The highest BCUT2D eigenvalue weighted by Crippen LogP contribution is 2.33. The summed E-state index contributed by atoms with van der Waals surface area (Å²) in [7, 11) is -3.55. The number of benzene rings is 1. The van der Waals surface area contributed by atoms with Gasteiger partial charge >= 0.3 is 0 Å². The fourth-order valence-electron chi connectivity index (χ4n) is 3.05. The Morgan fingerprint density at radius 1 is 1.35 bits per heavy atom. The van der Waals surface area contributed by atoms with Crippen LogP contribution >= 0.6 is 0 Å². The van der Waals surface area contributed by atoms with Gasteiger partial charge in [-0.2, -0.15) is 9.57 Å². The summed E-state index contributed by atoms with van der Waals surface area (Å²) in [5.41, 5.74) is 0.363. The van der Waals surface area contributed by atoms with E-state index in [9.17, 15) is 8.42 Å². The van der Waals surface area contributed by atoms with E-state index in [2.05, 4.69) is 0 Å². The second-order valence-corrected chi connectivity index (χ2v) is 7.05. The summed E-state index contributed by atoms with van der Waals surface area (Å²) >= 11 is 0. The maximum absolute atomic E-state index is 12.8. The number of sulfonamides is 1. The van der Waals surface area contributed by atoms with Gasteiger partial charge in [-0.1, -0.05) is 6.07 Å².